The number of carbonyl (C=O) groups excluding carboxylic acids is 1. The van der Waals surface area contributed by atoms with Crippen LogP contribution in [0.5, 0.6) is 0 Å². The Labute approximate surface area is 186 Å². The first-order valence-corrected chi connectivity index (χ1v) is 11.2. The van der Waals surface area contributed by atoms with Gasteiger partial charge in [0.1, 0.15) is 0 Å². The van der Waals surface area contributed by atoms with Crippen LogP contribution < -0.4 is 5.43 Å². The van der Waals surface area contributed by atoms with Crippen LogP contribution in [0.1, 0.15) is 23.6 Å². The average Bonchev–Trinajstić information content (AvgIpc) is 3.16. The number of aryl methyl sites for hydroxylation is 1. The van der Waals surface area contributed by atoms with Gasteiger partial charge >= 0.3 is 0 Å². The summed E-state index contributed by atoms with van der Waals surface area (Å²) in [6, 6.07) is 26.4. The quantitative estimate of drug-likeness (QED) is 0.247. The molecule has 1 aromatic heterocycles. The summed E-state index contributed by atoms with van der Waals surface area (Å²) < 4.78 is 2.15. The van der Waals surface area contributed by atoms with Crippen molar-refractivity contribution in [3.63, 3.8) is 0 Å². The highest BCUT2D eigenvalue weighted by Gasteiger charge is 2.13. The smallest absolute Gasteiger partial charge is 0.250 e. The maximum Gasteiger partial charge on any atom is 0.250 e. The number of nitrogens with zero attached hydrogens (tertiary/aromatic N) is 3. The minimum absolute atomic E-state index is 0.162. The number of imidazole rings is 1. The van der Waals surface area contributed by atoms with Crippen molar-refractivity contribution in [1.82, 2.24) is 15.0 Å². The van der Waals surface area contributed by atoms with E-state index in [-0.39, 0.29) is 11.7 Å². The Morgan fingerprint density at radius 2 is 1.74 bits per heavy atom. The van der Waals surface area contributed by atoms with Crippen molar-refractivity contribution >= 4 is 34.9 Å². The normalized spacial score (nSPS) is 11.3. The van der Waals surface area contributed by atoms with Gasteiger partial charge in [0.2, 0.25) is 0 Å². The molecular formula is C25H24N4OS. The molecule has 6 heteroatoms. The number of amides is 1. The largest absolute Gasteiger partial charge is 0.314 e. The molecule has 1 amide bonds. The molecule has 31 heavy (non-hydrogen) atoms. The Morgan fingerprint density at radius 3 is 2.52 bits per heavy atom. The fourth-order valence-electron chi connectivity index (χ4n) is 3.26. The van der Waals surface area contributed by atoms with Gasteiger partial charge in [-0.25, -0.2) is 10.4 Å². The fourth-order valence-corrected chi connectivity index (χ4v) is 4.07. The molecule has 0 saturated heterocycles. The van der Waals surface area contributed by atoms with Crippen LogP contribution in [0.15, 0.2) is 89.1 Å². The van der Waals surface area contributed by atoms with Crippen LogP contribution in [0.3, 0.4) is 0 Å². The molecule has 5 nitrogen and oxygen atoms in total. The molecule has 4 rings (SSSR count). The zero-order chi connectivity index (χ0) is 21.5. The fraction of sp³-hybridized carbons (Fsp3) is 0.160. The first-order valence-electron chi connectivity index (χ1n) is 10.3. The number of para-hydroxylation sites is 2. The molecule has 0 atom stereocenters. The summed E-state index contributed by atoms with van der Waals surface area (Å²) in [6.07, 6.45) is 2.66. The Hall–Kier alpha value is -3.38. The first-order chi connectivity index (χ1) is 15.2. The summed E-state index contributed by atoms with van der Waals surface area (Å²) in [6.45, 7) is 2.83. The maximum atomic E-state index is 12.3. The molecule has 0 aliphatic rings. The van der Waals surface area contributed by atoms with Crippen molar-refractivity contribution in [2.75, 3.05) is 5.75 Å². The summed E-state index contributed by atoms with van der Waals surface area (Å²) in [7, 11) is 0. The Morgan fingerprint density at radius 1 is 1.00 bits per heavy atom. The minimum Gasteiger partial charge on any atom is -0.314 e. The summed E-state index contributed by atoms with van der Waals surface area (Å²) in [4.78, 5) is 17.0. The van der Waals surface area contributed by atoms with Gasteiger partial charge < -0.3 is 4.57 Å². The van der Waals surface area contributed by atoms with Crippen molar-refractivity contribution in [2.24, 2.45) is 5.10 Å². The van der Waals surface area contributed by atoms with E-state index in [2.05, 4.69) is 52.3 Å². The van der Waals surface area contributed by atoms with Crippen LogP contribution in [-0.2, 0) is 17.8 Å². The molecule has 0 bridgehead atoms. The lowest BCUT2D eigenvalue weighted by atomic mass is 10.1. The number of fused-ring (bicyclic) bond motifs is 1. The van der Waals surface area contributed by atoms with Crippen molar-refractivity contribution < 1.29 is 4.79 Å². The van der Waals surface area contributed by atoms with E-state index in [0.717, 1.165) is 28.2 Å². The third kappa shape index (κ3) is 5.41. The summed E-state index contributed by atoms with van der Waals surface area (Å²) in [5.41, 5.74) is 8.01. The number of rotatable bonds is 8. The van der Waals surface area contributed by atoms with Gasteiger partial charge in [0.25, 0.3) is 5.91 Å². The topological polar surface area (TPSA) is 59.3 Å². The maximum absolute atomic E-state index is 12.3. The van der Waals surface area contributed by atoms with E-state index in [1.54, 1.807) is 6.21 Å². The van der Waals surface area contributed by atoms with E-state index < -0.39 is 0 Å². The van der Waals surface area contributed by atoms with Crippen LogP contribution >= 0.6 is 11.8 Å². The Bertz CT molecular complexity index is 1180. The number of benzene rings is 3. The number of hydrazone groups is 1. The second-order valence-corrected chi connectivity index (χ2v) is 8.07. The van der Waals surface area contributed by atoms with E-state index in [0.29, 0.717) is 6.54 Å². The van der Waals surface area contributed by atoms with E-state index in [1.165, 1.54) is 22.9 Å². The Kier molecular flexibility index (Phi) is 6.79. The lowest BCUT2D eigenvalue weighted by molar-refractivity contribution is -0.118. The van der Waals surface area contributed by atoms with E-state index in [4.69, 9.17) is 4.98 Å². The summed E-state index contributed by atoms with van der Waals surface area (Å²) in [5, 5.41) is 4.90. The SMILES string of the molecule is CCc1ccc(/C=N/NC(=O)CSc2nc3ccccc3n2Cc2ccccc2)cc1. The second kappa shape index (κ2) is 10.1. The molecule has 0 aliphatic heterocycles. The van der Waals surface area contributed by atoms with Gasteiger partial charge in [-0.15, -0.1) is 0 Å². The van der Waals surface area contributed by atoms with Gasteiger partial charge in [-0.05, 0) is 35.2 Å². The minimum atomic E-state index is -0.162. The van der Waals surface area contributed by atoms with Crippen LogP contribution in [-0.4, -0.2) is 27.4 Å². The molecule has 4 aromatic rings. The number of hydrogen-bond donors (Lipinski definition) is 1. The average molecular weight is 429 g/mol. The lowest BCUT2D eigenvalue weighted by Gasteiger charge is -2.09. The monoisotopic (exact) mass is 428 g/mol. The predicted molar refractivity (Wildman–Crippen MR) is 128 cm³/mol. The van der Waals surface area contributed by atoms with Crippen molar-refractivity contribution in [3.05, 3.63) is 95.6 Å². The van der Waals surface area contributed by atoms with Gasteiger partial charge in [-0.1, -0.05) is 85.4 Å². The van der Waals surface area contributed by atoms with E-state index >= 15 is 0 Å². The molecule has 0 saturated carbocycles. The number of thioether (sulfide) groups is 1. The predicted octanol–water partition coefficient (Wildman–Crippen LogP) is 4.89. The lowest BCUT2D eigenvalue weighted by Crippen LogP contribution is -2.20. The summed E-state index contributed by atoms with van der Waals surface area (Å²) in [5.74, 6) is 0.0780. The molecule has 1 N–H and O–H groups in total. The third-order valence-corrected chi connectivity index (χ3v) is 5.90. The highest BCUT2D eigenvalue weighted by Crippen LogP contribution is 2.25. The molecule has 156 valence electrons. The molecule has 0 radical (unpaired) electrons. The number of carbonyl (C=O) groups is 1. The van der Waals surface area contributed by atoms with Gasteiger partial charge in [0.15, 0.2) is 5.16 Å². The number of nitrogens with one attached hydrogen (secondary N) is 1. The molecule has 3 aromatic carbocycles. The van der Waals surface area contributed by atoms with Crippen LogP contribution in [0.25, 0.3) is 11.0 Å². The number of aromatic nitrogens is 2. The third-order valence-electron chi connectivity index (χ3n) is 4.93. The van der Waals surface area contributed by atoms with Gasteiger partial charge in [-0.2, -0.15) is 5.10 Å². The van der Waals surface area contributed by atoms with Gasteiger partial charge in [0.05, 0.1) is 29.5 Å². The van der Waals surface area contributed by atoms with E-state index in [9.17, 15) is 4.79 Å². The Balaban J connectivity index is 1.41. The van der Waals surface area contributed by atoms with Crippen LogP contribution in [0.4, 0.5) is 0 Å². The second-order valence-electron chi connectivity index (χ2n) is 7.13. The van der Waals surface area contributed by atoms with Crippen LogP contribution in [0, 0.1) is 0 Å². The van der Waals surface area contributed by atoms with Crippen molar-refractivity contribution in [1.29, 1.82) is 0 Å². The molecule has 0 aliphatic carbocycles. The molecule has 0 fully saturated rings. The van der Waals surface area contributed by atoms with Crippen molar-refractivity contribution in [3.8, 4) is 0 Å². The van der Waals surface area contributed by atoms with Gasteiger partial charge in [0, 0.05) is 0 Å². The van der Waals surface area contributed by atoms with Crippen LogP contribution in [0.2, 0.25) is 0 Å². The number of hydrogen-bond acceptors (Lipinski definition) is 4. The summed E-state index contributed by atoms with van der Waals surface area (Å²) >= 11 is 1.42. The van der Waals surface area contributed by atoms with Crippen molar-refractivity contribution in [2.45, 2.75) is 25.0 Å². The zero-order valence-electron chi connectivity index (χ0n) is 17.4. The molecular weight excluding hydrogens is 404 g/mol. The highest BCUT2D eigenvalue weighted by molar-refractivity contribution is 7.99. The first kappa shape index (κ1) is 20.9. The van der Waals surface area contributed by atoms with Gasteiger partial charge in [-0.3, -0.25) is 4.79 Å². The molecule has 1 heterocycles. The molecule has 0 spiro atoms. The standard InChI is InChI=1S/C25H24N4OS/c1-2-19-12-14-20(15-13-19)16-26-28-24(30)18-31-25-27-22-10-6-7-11-23(22)29(25)17-21-8-4-3-5-9-21/h3-16H,2,17-18H2,1H3,(H,28,30)/b26-16+. The van der Waals surface area contributed by atoms with E-state index in [1.807, 2.05) is 48.5 Å². The highest BCUT2D eigenvalue weighted by atomic mass is 32.2. The molecule has 0 unspecified atom stereocenters. The zero-order valence-corrected chi connectivity index (χ0v) is 18.2.